The molecule has 0 amide bonds. The first-order valence-corrected chi connectivity index (χ1v) is 6.99. The number of halogens is 2. The topological polar surface area (TPSA) is 42.7 Å². The quantitative estimate of drug-likeness (QED) is 0.748. The molecule has 0 saturated heterocycles. The van der Waals surface area contributed by atoms with Crippen LogP contribution in [-0.4, -0.2) is 21.1 Å². The van der Waals surface area contributed by atoms with Gasteiger partial charge in [-0.2, -0.15) is 0 Å². The highest BCUT2D eigenvalue weighted by molar-refractivity contribution is 6.29. The van der Waals surface area contributed by atoms with E-state index in [2.05, 4.69) is 15.3 Å². The Balaban J connectivity index is 1.78. The Morgan fingerprint density at radius 1 is 1.29 bits per heavy atom. The summed E-state index contributed by atoms with van der Waals surface area (Å²) >= 11 is 5.80. The molecule has 0 spiro atoms. The Morgan fingerprint density at radius 3 is 2.95 bits per heavy atom. The number of aryl methyl sites for hydroxylation is 1. The predicted octanol–water partition coefficient (Wildman–Crippen LogP) is 3.64. The van der Waals surface area contributed by atoms with E-state index in [1.54, 1.807) is 12.1 Å². The molecule has 0 radical (unpaired) electrons. The van der Waals surface area contributed by atoms with Crippen molar-refractivity contribution in [3.63, 3.8) is 0 Å². The van der Waals surface area contributed by atoms with Gasteiger partial charge in [0.25, 0.3) is 0 Å². The fourth-order valence-electron chi connectivity index (χ4n) is 2.43. The molecular formula is C15H14ClFN4. The second kappa shape index (κ2) is 5.69. The Labute approximate surface area is 126 Å². The number of para-hydroxylation sites is 1. The van der Waals surface area contributed by atoms with E-state index in [4.69, 9.17) is 11.6 Å². The van der Waals surface area contributed by atoms with E-state index in [0.717, 1.165) is 11.1 Å². The smallest absolute Gasteiger partial charge is 0.147 e. The molecule has 4 nitrogen and oxygen atoms in total. The van der Waals surface area contributed by atoms with Crippen LogP contribution in [0.3, 0.4) is 0 Å². The van der Waals surface area contributed by atoms with Crippen LogP contribution in [-0.2, 0) is 6.54 Å². The fourth-order valence-corrected chi connectivity index (χ4v) is 2.57. The van der Waals surface area contributed by atoms with Crippen molar-refractivity contribution >= 4 is 28.3 Å². The van der Waals surface area contributed by atoms with Crippen molar-refractivity contribution in [1.29, 1.82) is 0 Å². The summed E-state index contributed by atoms with van der Waals surface area (Å²) in [4.78, 5) is 7.89. The summed E-state index contributed by atoms with van der Waals surface area (Å²) in [7, 11) is 0. The van der Waals surface area contributed by atoms with Gasteiger partial charge < -0.3 is 9.88 Å². The number of nitrogens with zero attached hydrogens (tertiary/aromatic N) is 3. The van der Waals surface area contributed by atoms with Gasteiger partial charge in [0.05, 0.1) is 5.52 Å². The van der Waals surface area contributed by atoms with Crippen molar-refractivity contribution in [1.82, 2.24) is 14.5 Å². The Morgan fingerprint density at radius 2 is 2.14 bits per heavy atom. The first kappa shape index (κ1) is 13.8. The number of hydrogen-bond acceptors (Lipinski definition) is 3. The van der Waals surface area contributed by atoms with Gasteiger partial charge in [0, 0.05) is 30.2 Å². The highest BCUT2D eigenvalue weighted by Crippen LogP contribution is 2.22. The van der Waals surface area contributed by atoms with Crippen LogP contribution in [0, 0.1) is 12.7 Å². The van der Waals surface area contributed by atoms with E-state index >= 15 is 0 Å². The van der Waals surface area contributed by atoms with Gasteiger partial charge in [0.15, 0.2) is 0 Å². The summed E-state index contributed by atoms with van der Waals surface area (Å²) < 4.78 is 15.9. The summed E-state index contributed by atoms with van der Waals surface area (Å²) in [6.45, 7) is 3.23. The van der Waals surface area contributed by atoms with E-state index in [0.29, 0.717) is 29.6 Å². The molecule has 6 heteroatoms. The van der Waals surface area contributed by atoms with Crippen molar-refractivity contribution in [3.8, 4) is 0 Å². The van der Waals surface area contributed by atoms with Crippen molar-refractivity contribution in [2.45, 2.75) is 13.5 Å². The standard InChI is InChI=1S/C15H14ClFN4/c1-10-7-11-3-2-4-12(17)15(11)21(10)6-5-18-14-8-13(16)19-9-20-14/h2-4,7-9H,5-6H2,1H3,(H,18,19,20). The molecular weight excluding hydrogens is 291 g/mol. The molecule has 0 aliphatic carbocycles. The van der Waals surface area contributed by atoms with Gasteiger partial charge in [0.2, 0.25) is 0 Å². The molecule has 0 fully saturated rings. The molecule has 1 N–H and O–H groups in total. The van der Waals surface area contributed by atoms with Crippen LogP contribution in [0.2, 0.25) is 5.15 Å². The average Bonchev–Trinajstić information content (AvgIpc) is 2.76. The van der Waals surface area contributed by atoms with Crippen molar-refractivity contribution in [2.75, 3.05) is 11.9 Å². The molecule has 2 heterocycles. The largest absolute Gasteiger partial charge is 0.368 e. The Hall–Kier alpha value is -2.14. The minimum absolute atomic E-state index is 0.203. The van der Waals surface area contributed by atoms with E-state index in [1.165, 1.54) is 12.4 Å². The predicted molar refractivity (Wildman–Crippen MR) is 82.2 cm³/mol. The van der Waals surface area contributed by atoms with Crippen LogP contribution in [0.15, 0.2) is 36.7 Å². The lowest BCUT2D eigenvalue weighted by Gasteiger charge is -2.10. The van der Waals surface area contributed by atoms with Crippen LogP contribution in [0.25, 0.3) is 10.9 Å². The lowest BCUT2D eigenvalue weighted by Crippen LogP contribution is -2.12. The molecule has 0 aliphatic rings. The van der Waals surface area contributed by atoms with E-state index in [9.17, 15) is 4.39 Å². The monoisotopic (exact) mass is 304 g/mol. The van der Waals surface area contributed by atoms with Crippen LogP contribution < -0.4 is 5.32 Å². The third kappa shape index (κ3) is 2.83. The number of anilines is 1. The maximum atomic E-state index is 14.0. The highest BCUT2D eigenvalue weighted by atomic mass is 35.5. The molecule has 0 saturated carbocycles. The second-order valence-corrected chi connectivity index (χ2v) is 5.16. The minimum Gasteiger partial charge on any atom is -0.368 e. The molecule has 0 aliphatic heterocycles. The lowest BCUT2D eigenvalue weighted by atomic mass is 10.2. The number of benzene rings is 1. The highest BCUT2D eigenvalue weighted by Gasteiger charge is 2.09. The van der Waals surface area contributed by atoms with Crippen LogP contribution >= 0.6 is 11.6 Å². The van der Waals surface area contributed by atoms with E-state index < -0.39 is 0 Å². The zero-order valence-corrected chi connectivity index (χ0v) is 12.2. The van der Waals surface area contributed by atoms with Gasteiger partial charge >= 0.3 is 0 Å². The number of aromatic nitrogens is 3. The summed E-state index contributed by atoms with van der Waals surface area (Å²) in [5.41, 5.74) is 1.66. The summed E-state index contributed by atoms with van der Waals surface area (Å²) in [5.74, 6) is 0.454. The normalized spacial score (nSPS) is 11.0. The van der Waals surface area contributed by atoms with Crippen molar-refractivity contribution < 1.29 is 4.39 Å². The van der Waals surface area contributed by atoms with E-state index in [-0.39, 0.29) is 5.82 Å². The summed E-state index contributed by atoms with van der Waals surface area (Å²) in [5, 5.41) is 4.46. The van der Waals surface area contributed by atoms with Gasteiger partial charge in [-0.3, -0.25) is 0 Å². The van der Waals surface area contributed by atoms with Crippen LogP contribution in [0.5, 0.6) is 0 Å². The zero-order chi connectivity index (χ0) is 14.8. The maximum Gasteiger partial charge on any atom is 0.147 e. The molecule has 2 aromatic heterocycles. The molecule has 0 atom stereocenters. The van der Waals surface area contributed by atoms with E-state index in [1.807, 2.05) is 23.6 Å². The third-order valence-corrected chi connectivity index (χ3v) is 3.56. The number of nitrogens with one attached hydrogen (secondary N) is 1. The average molecular weight is 305 g/mol. The maximum absolute atomic E-state index is 14.0. The molecule has 0 bridgehead atoms. The third-order valence-electron chi connectivity index (χ3n) is 3.35. The first-order chi connectivity index (χ1) is 10.1. The Kier molecular flexibility index (Phi) is 3.75. The first-order valence-electron chi connectivity index (χ1n) is 6.61. The second-order valence-electron chi connectivity index (χ2n) is 4.77. The number of hydrogen-bond donors (Lipinski definition) is 1. The zero-order valence-electron chi connectivity index (χ0n) is 11.5. The van der Waals surface area contributed by atoms with Crippen LogP contribution in [0.1, 0.15) is 5.69 Å². The van der Waals surface area contributed by atoms with Crippen molar-refractivity contribution in [3.05, 3.63) is 53.3 Å². The summed E-state index contributed by atoms with van der Waals surface area (Å²) in [6, 6.07) is 8.76. The van der Waals surface area contributed by atoms with Gasteiger partial charge in [-0.05, 0) is 19.1 Å². The molecule has 108 valence electrons. The summed E-state index contributed by atoms with van der Waals surface area (Å²) in [6.07, 6.45) is 1.40. The lowest BCUT2D eigenvalue weighted by molar-refractivity contribution is 0.621. The number of fused-ring (bicyclic) bond motifs is 1. The molecule has 3 aromatic rings. The van der Waals surface area contributed by atoms with Crippen LogP contribution in [0.4, 0.5) is 10.2 Å². The SMILES string of the molecule is Cc1cc2cccc(F)c2n1CCNc1cc(Cl)ncn1. The minimum atomic E-state index is -0.203. The van der Waals surface area contributed by atoms with Gasteiger partial charge in [-0.25, -0.2) is 14.4 Å². The van der Waals surface area contributed by atoms with Crippen molar-refractivity contribution in [2.24, 2.45) is 0 Å². The molecule has 1 aromatic carbocycles. The van der Waals surface area contributed by atoms with Gasteiger partial charge in [-0.1, -0.05) is 23.7 Å². The Bertz CT molecular complexity index is 784. The molecule has 21 heavy (non-hydrogen) atoms. The number of rotatable bonds is 4. The van der Waals surface area contributed by atoms with Gasteiger partial charge in [0.1, 0.15) is 23.1 Å². The fraction of sp³-hybridized carbons (Fsp3) is 0.200. The van der Waals surface area contributed by atoms with Gasteiger partial charge in [-0.15, -0.1) is 0 Å². The molecule has 3 rings (SSSR count). The molecule has 0 unspecified atom stereocenters.